The Morgan fingerprint density at radius 2 is 1.72 bits per heavy atom. The number of aromatic nitrogens is 3. The van der Waals surface area contributed by atoms with E-state index in [1.807, 2.05) is 27.7 Å². The van der Waals surface area contributed by atoms with E-state index >= 15 is 0 Å². The summed E-state index contributed by atoms with van der Waals surface area (Å²) >= 11 is 0. The van der Waals surface area contributed by atoms with Crippen LogP contribution in [0.2, 0.25) is 0 Å². The van der Waals surface area contributed by atoms with E-state index in [9.17, 15) is 13.2 Å². The van der Waals surface area contributed by atoms with Crippen LogP contribution in [-0.2, 0) is 30.8 Å². The Bertz CT molecular complexity index is 1860. The molecule has 0 radical (unpaired) electrons. The predicted molar refractivity (Wildman–Crippen MR) is 179 cm³/mol. The number of ether oxygens (including phenoxy) is 3. The first-order valence-corrected chi connectivity index (χ1v) is 17.1. The van der Waals surface area contributed by atoms with Crippen molar-refractivity contribution in [3.63, 3.8) is 0 Å². The van der Waals surface area contributed by atoms with Gasteiger partial charge in [0.15, 0.2) is 11.9 Å². The van der Waals surface area contributed by atoms with Gasteiger partial charge in [-0.2, -0.15) is 0 Å². The van der Waals surface area contributed by atoms with Crippen molar-refractivity contribution in [2.45, 2.75) is 59.8 Å². The fourth-order valence-corrected chi connectivity index (χ4v) is 6.32. The summed E-state index contributed by atoms with van der Waals surface area (Å²) in [6.07, 6.45) is 3.35. The lowest BCUT2D eigenvalue weighted by molar-refractivity contribution is -0.164. The summed E-state index contributed by atoms with van der Waals surface area (Å²) in [6.45, 7) is 13.6. The molecular formula is C34H43N5O6S. The molecule has 0 fully saturated rings. The summed E-state index contributed by atoms with van der Waals surface area (Å²) in [5, 5.41) is 1.00. The van der Waals surface area contributed by atoms with Crippen molar-refractivity contribution in [1.82, 2.24) is 18.8 Å². The zero-order valence-corrected chi connectivity index (χ0v) is 28.9. The molecule has 2 aromatic carbocycles. The highest BCUT2D eigenvalue weighted by Crippen LogP contribution is 2.49. The van der Waals surface area contributed by atoms with Crippen LogP contribution in [-0.4, -0.2) is 78.9 Å². The minimum Gasteiger partial charge on any atom is -0.489 e. The van der Waals surface area contributed by atoms with Gasteiger partial charge in [0.05, 0.1) is 42.6 Å². The van der Waals surface area contributed by atoms with Gasteiger partial charge >= 0.3 is 5.97 Å². The van der Waals surface area contributed by atoms with E-state index in [2.05, 4.69) is 63.6 Å². The quantitative estimate of drug-likeness (QED) is 0.206. The molecule has 3 heterocycles. The molecule has 12 heteroatoms. The largest absolute Gasteiger partial charge is 0.489 e. The summed E-state index contributed by atoms with van der Waals surface area (Å²) < 4.78 is 44.5. The molecule has 1 aliphatic heterocycles. The zero-order valence-electron chi connectivity index (χ0n) is 28.0. The van der Waals surface area contributed by atoms with Gasteiger partial charge in [-0.25, -0.2) is 27.5 Å². The molecule has 246 valence electrons. The predicted octanol–water partition coefficient (Wildman–Crippen LogP) is 5.47. The minimum absolute atomic E-state index is 0.162. The number of carbonyl (C=O) groups excluding carboxylic acids is 1. The number of carbonyl (C=O) groups is 1. The van der Waals surface area contributed by atoms with Gasteiger partial charge in [0, 0.05) is 43.3 Å². The molecule has 0 saturated heterocycles. The van der Waals surface area contributed by atoms with Crippen molar-refractivity contribution in [3.8, 4) is 16.9 Å². The number of methoxy groups -OCH3 is 1. The average Bonchev–Trinajstić information content (AvgIpc) is 3.33. The van der Waals surface area contributed by atoms with Crippen LogP contribution in [0, 0.1) is 20.8 Å². The third-order valence-corrected chi connectivity index (χ3v) is 9.54. The van der Waals surface area contributed by atoms with Crippen molar-refractivity contribution in [1.29, 1.82) is 0 Å². The lowest BCUT2D eigenvalue weighted by Gasteiger charge is -2.35. The van der Waals surface area contributed by atoms with E-state index in [0.29, 0.717) is 24.8 Å². The highest BCUT2D eigenvalue weighted by Gasteiger charge is 2.37. The second-order valence-electron chi connectivity index (χ2n) is 12.8. The van der Waals surface area contributed by atoms with Gasteiger partial charge < -0.3 is 23.7 Å². The SMILES string of the molecule is COC(=O)[C@@H](OC(C)(C)C)c1c(C)c2c3c(cc(C)n3CCN2c2ncc(OCCN(C)S(C)(=O)=O)cn2)c1-c1ccc(C)cc1. The Hall–Kier alpha value is -4.00. The van der Waals surface area contributed by atoms with E-state index in [4.69, 9.17) is 14.2 Å². The lowest BCUT2D eigenvalue weighted by Crippen LogP contribution is -2.32. The highest BCUT2D eigenvalue weighted by molar-refractivity contribution is 7.88. The van der Waals surface area contributed by atoms with E-state index in [0.717, 1.165) is 56.4 Å². The first-order valence-electron chi connectivity index (χ1n) is 15.2. The van der Waals surface area contributed by atoms with Crippen LogP contribution in [0.1, 0.15) is 49.3 Å². The van der Waals surface area contributed by atoms with E-state index in [1.54, 1.807) is 12.4 Å². The van der Waals surface area contributed by atoms with Crippen LogP contribution in [0.4, 0.5) is 11.6 Å². The number of anilines is 2. The van der Waals surface area contributed by atoms with Crippen molar-refractivity contribution >= 4 is 38.5 Å². The van der Waals surface area contributed by atoms with Crippen LogP contribution in [0.15, 0.2) is 42.7 Å². The third-order valence-electron chi connectivity index (χ3n) is 8.23. The van der Waals surface area contributed by atoms with Gasteiger partial charge in [-0.05, 0) is 64.3 Å². The molecule has 4 aromatic rings. The molecule has 46 heavy (non-hydrogen) atoms. The van der Waals surface area contributed by atoms with Gasteiger partial charge in [0.1, 0.15) is 6.61 Å². The molecule has 0 unspecified atom stereocenters. The van der Waals surface area contributed by atoms with Gasteiger partial charge in [-0.15, -0.1) is 0 Å². The smallest absolute Gasteiger partial charge is 0.339 e. The molecule has 2 aromatic heterocycles. The molecule has 0 spiro atoms. The normalized spacial score (nSPS) is 14.2. The number of benzene rings is 2. The fraction of sp³-hybridized carbons (Fsp3) is 0.441. The molecule has 0 N–H and O–H groups in total. The summed E-state index contributed by atoms with van der Waals surface area (Å²) in [5.41, 5.74) is 7.07. The van der Waals surface area contributed by atoms with Crippen molar-refractivity contribution in [2.24, 2.45) is 0 Å². The van der Waals surface area contributed by atoms with Crippen LogP contribution in [0.5, 0.6) is 5.75 Å². The third kappa shape index (κ3) is 6.60. The molecule has 0 amide bonds. The molecule has 5 rings (SSSR count). The summed E-state index contributed by atoms with van der Waals surface area (Å²) in [6, 6.07) is 10.5. The number of esters is 1. The molecule has 1 atom stereocenters. The summed E-state index contributed by atoms with van der Waals surface area (Å²) in [7, 11) is -0.411. The van der Waals surface area contributed by atoms with Gasteiger partial charge in [-0.3, -0.25) is 0 Å². The topological polar surface area (TPSA) is 116 Å². The Morgan fingerprint density at radius 1 is 1.07 bits per heavy atom. The number of hydrogen-bond acceptors (Lipinski definition) is 9. The number of sulfonamides is 1. The molecule has 0 bridgehead atoms. The first kappa shape index (κ1) is 33.4. The van der Waals surface area contributed by atoms with Gasteiger partial charge in [0.25, 0.3) is 0 Å². The monoisotopic (exact) mass is 649 g/mol. The first-order chi connectivity index (χ1) is 21.6. The van der Waals surface area contributed by atoms with E-state index < -0.39 is 27.7 Å². The number of hydrogen-bond donors (Lipinski definition) is 0. The molecular weight excluding hydrogens is 606 g/mol. The molecule has 11 nitrogen and oxygen atoms in total. The van der Waals surface area contributed by atoms with E-state index in [-0.39, 0.29) is 13.2 Å². The average molecular weight is 650 g/mol. The maximum Gasteiger partial charge on any atom is 0.339 e. The Balaban J connectivity index is 1.67. The van der Waals surface area contributed by atoms with Gasteiger partial charge in [-0.1, -0.05) is 29.8 Å². The Labute approximate surface area is 271 Å². The Kier molecular flexibility index (Phi) is 9.18. The van der Waals surface area contributed by atoms with Crippen molar-refractivity contribution in [2.75, 3.05) is 45.0 Å². The van der Waals surface area contributed by atoms with Crippen LogP contribution >= 0.6 is 0 Å². The molecule has 0 saturated carbocycles. The highest BCUT2D eigenvalue weighted by atomic mass is 32.2. The van der Waals surface area contributed by atoms with Crippen molar-refractivity contribution in [3.05, 3.63) is 65.1 Å². The second-order valence-corrected chi connectivity index (χ2v) is 14.9. The zero-order chi connectivity index (χ0) is 33.6. The molecule has 1 aliphatic rings. The summed E-state index contributed by atoms with van der Waals surface area (Å²) in [4.78, 5) is 24.9. The van der Waals surface area contributed by atoms with Crippen molar-refractivity contribution < 1.29 is 27.4 Å². The maximum absolute atomic E-state index is 13.5. The number of rotatable bonds is 10. The van der Waals surface area contributed by atoms with E-state index in [1.165, 1.54) is 18.5 Å². The standard InChI is InChI=1S/C34H43N5O6S/c1-21-10-12-24(13-11-21)28-26-18-22(2)38-14-15-39(33-35-19-25(20-36-33)44-17-16-37(7)46(9,41)42)29(30(26)38)23(3)27(28)31(32(40)43-8)45-34(4,5)6/h10-13,18-20,31H,14-17H2,1-9H3/t31-/m0/s1. The molecule has 0 aliphatic carbocycles. The number of likely N-dealkylation sites (N-methyl/N-ethyl adjacent to an activating group) is 1. The van der Waals surface area contributed by atoms with Crippen LogP contribution in [0.3, 0.4) is 0 Å². The minimum atomic E-state index is -3.30. The van der Waals surface area contributed by atoms with Crippen LogP contribution < -0.4 is 9.64 Å². The van der Waals surface area contributed by atoms with Gasteiger partial charge in [0.2, 0.25) is 16.0 Å². The summed E-state index contributed by atoms with van der Waals surface area (Å²) in [5.74, 6) is 0.440. The number of aryl methyl sites for hydroxylation is 2. The fourth-order valence-electron chi connectivity index (χ4n) is 5.92. The number of nitrogens with zero attached hydrogens (tertiary/aromatic N) is 5. The Morgan fingerprint density at radius 3 is 2.30 bits per heavy atom. The van der Waals surface area contributed by atoms with Crippen LogP contribution in [0.25, 0.3) is 22.0 Å². The maximum atomic E-state index is 13.5. The second kappa shape index (κ2) is 12.7. The lowest BCUT2D eigenvalue weighted by atomic mass is 9.87.